The SMILES string of the molecule is Cc1ccc(NC(=O)C(=Cc2cccc(F)c2)C(=O)Nc2ccc(C)cc2)cc1. The summed E-state index contributed by atoms with van der Waals surface area (Å²) in [6, 6.07) is 20.2. The average Bonchev–Trinajstić information content (AvgIpc) is 2.69. The number of anilines is 2. The summed E-state index contributed by atoms with van der Waals surface area (Å²) >= 11 is 0. The minimum absolute atomic E-state index is 0.128. The third kappa shape index (κ3) is 5.62. The van der Waals surface area contributed by atoms with Crippen molar-refractivity contribution in [3.63, 3.8) is 0 Å². The van der Waals surface area contributed by atoms with E-state index >= 15 is 0 Å². The zero-order valence-corrected chi connectivity index (χ0v) is 16.2. The van der Waals surface area contributed by atoms with Crippen LogP contribution >= 0.6 is 0 Å². The fourth-order valence-electron chi connectivity index (χ4n) is 2.67. The molecule has 4 nitrogen and oxygen atoms in total. The van der Waals surface area contributed by atoms with Gasteiger partial charge in [-0.15, -0.1) is 0 Å². The molecule has 0 aromatic heterocycles. The summed E-state index contributed by atoms with van der Waals surface area (Å²) in [7, 11) is 0. The highest BCUT2D eigenvalue weighted by molar-refractivity contribution is 6.28. The van der Waals surface area contributed by atoms with E-state index in [0.29, 0.717) is 16.9 Å². The van der Waals surface area contributed by atoms with Crippen LogP contribution in [0.25, 0.3) is 6.08 Å². The molecule has 0 fully saturated rings. The number of nitrogens with one attached hydrogen (secondary N) is 2. The number of carbonyl (C=O) groups excluding carboxylic acids is 2. The number of hydrogen-bond donors (Lipinski definition) is 2. The first-order valence-corrected chi connectivity index (χ1v) is 9.14. The van der Waals surface area contributed by atoms with E-state index in [2.05, 4.69) is 10.6 Å². The number of halogens is 1. The maximum Gasteiger partial charge on any atom is 0.261 e. The smallest absolute Gasteiger partial charge is 0.261 e. The molecular formula is C24H21FN2O2. The van der Waals surface area contributed by atoms with Crippen LogP contribution in [0.5, 0.6) is 0 Å². The lowest BCUT2D eigenvalue weighted by Crippen LogP contribution is -2.25. The van der Waals surface area contributed by atoms with Crippen LogP contribution in [0.1, 0.15) is 16.7 Å². The Bertz CT molecular complexity index is 993. The molecule has 0 radical (unpaired) electrons. The zero-order valence-electron chi connectivity index (χ0n) is 16.2. The first-order valence-electron chi connectivity index (χ1n) is 9.14. The van der Waals surface area contributed by atoms with Crippen LogP contribution in [-0.2, 0) is 9.59 Å². The molecule has 3 aromatic rings. The van der Waals surface area contributed by atoms with Crippen LogP contribution in [0.4, 0.5) is 15.8 Å². The van der Waals surface area contributed by atoms with Crippen molar-refractivity contribution < 1.29 is 14.0 Å². The molecule has 0 atom stereocenters. The van der Waals surface area contributed by atoms with Gasteiger partial charge in [-0.1, -0.05) is 47.5 Å². The summed E-state index contributed by atoms with van der Waals surface area (Å²) in [5.74, 6) is -1.61. The molecule has 0 heterocycles. The third-order valence-electron chi connectivity index (χ3n) is 4.27. The molecule has 5 heteroatoms. The van der Waals surface area contributed by atoms with E-state index in [9.17, 15) is 14.0 Å². The van der Waals surface area contributed by atoms with Gasteiger partial charge in [-0.05, 0) is 61.9 Å². The first-order chi connectivity index (χ1) is 13.9. The molecule has 0 aliphatic carbocycles. The molecule has 2 N–H and O–H groups in total. The summed E-state index contributed by atoms with van der Waals surface area (Å²) in [4.78, 5) is 25.7. The number of amides is 2. The lowest BCUT2D eigenvalue weighted by molar-refractivity contribution is -0.118. The third-order valence-corrected chi connectivity index (χ3v) is 4.27. The predicted molar refractivity (Wildman–Crippen MR) is 114 cm³/mol. The summed E-state index contributed by atoms with van der Waals surface area (Å²) in [5.41, 5.74) is 3.52. The fraction of sp³-hybridized carbons (Fsp3) is 0.0833. The van der Waals surface area contributed by atoms with E-state index in [1.807, 2.05) is 38.1 Å². The maximum atomic E-state index is 13.6. The van der Waals surface area contributed by atoms with Gasteiger partial charge in [0.15, 0.2) is 0 Å². The molecule has 146 valence electrons. The standard InChI is InChI=1S/C24H21FN2O2/c1-16-6-10-20(11-7-16)26-23(28)22(15-18-4-3-5-19(25)14-18)24(29)27-21-12-8-17(2)9-13-21/h3-15H,1-2H3,(H,26,28)(H,27,29). The second-order valence-electron chi connectivity index (χ2n) is 6.75. The predicted octanol–water partition coefficient (Wildman–Crippen LogP) is 5.10. The van der Waals surface area contributed by atoms with Crippen LogP contribution in [-0.4, -0.2) is 11.8 Å². The van der Waals surface area contributed by atoms with Crippen molar-refractivity contribution in [2.24, 2.45) is 0 Å². The molecule has 0 saturated heterocycles. The molecule has 29 heavy (non-hydrogen) atoms. The number of carbonyl (C=O) groups is 2. The molecular weight excluding hydrogens is 367 g/mol. The van der Waals surface area contributed by atoms with Gasteiger partial charge in [-0.2, -0.15) is 0 Å². The topological polar surface area (TPSA) is 58.2 Å². The lowest BCUT2D eigenvalue weighted by atomic mass is 10.1. The minimum Gasteiger partial charge on any atom is -0.322 e. The quantitative estimate of drug-likeness (QED) is 0.363. The van der Waals surface area contributed by atoms with Crippen LogP contribution in [0, 0.1) is 19.7 Å². The van der Waals surface area contributed by atoms with Crippen molar-refractivity contribution in [2.75, 3.05) is 10.6 Å². The second kappa shape index (κ2) is 8.97. The van der Waals surface area contributed by atoms with Crippen molar-refractivity contribution in [2.45, 2.75) is 13.8 Å². The van der Waals surface area contributed by atoms with E-state index in [4.69, 9.17) is 0 Å². The number of benzene rings is 3. The van der Waals surface area contributed by atoms with Gasteiger partial charge in [0.2, 0.25) is 0 Å². The van der Waals surface area contributed by atoms with E-state index in [-0.39, 0.29) is 5.57 Å². The van der Waals surface area contributed by atoms with Gasteiger partial charge >= 0.3 is 0 Å². The molecule has 0 spiro atoms. The Balaban J connectivity index is 1.89. The van der Waals surface area contributed by atoms with Crippen LogP contribution in [0.15, 0.2) is 78.4 Å². The monoisotopic (exact) mass is 388 g/mol. The second-order valence-corrected chi connectivity index (χ2v) is 6.75. The Hall–Kier alpha value is -3.73. The molecule has 0 bridgehead atoms. The number of hydrogen-bond acceptors (Lipinski definition) is 2. The molecule has 3 aromatic carbocycles. The van der Waals surface area contributed by atoms with Gasteiger partial charge in [-0.25, -0.2) is 4.39 Å². The van der Waals surface area contributed by atoms with Gasteiger partial charge in [-0.3, -0.25) is 9.59 Å². The van der Waals surface area contributed by atoms with Crippen molar-refractivity contribution in [3.8, 4) is 0 Å². The van der Waals surface area contributed by atoms with E-state index in [1.54, 1.807) is 30.3 Å². The summed E-state index contributed by atoms with van der Waals surface area (Å²) in [6.45, 7) is 3.88. The van der Waals surface area contributed by atoms with E-state index in [1.165, 1.54) is 24.3 Å². The molecule has 0 saturated carbocycles. The Labute approximate surface area is 169 Å². The maximum absolute atomic E-state index is 13.6. The van der Waals surface area contributed by atoms with Crippen molar-refractivity contribution in [3.05, 3.63) is 101 Å². The van der Waals surface area contributed by atoms with Crippen LogP contribution < -0.4 is 10.6 Å². The van der Waals surface area contributed by atoms with Crippen LogP contribution in [0.3, 0.4) is 0 Å². The van der Waals surface area contributed by atoms with Gasteiger partial charge in [0.1, 0.15) is 11.4 Å². The first kappa shape index (κ1) is 20.0. The van der Waals surface area contributed by atoms with Crippen molar-refractivity contribution >= 4 is 29.3 Å². The summed E-state index contributed by atoms with van der Waals surface area (Å²) in [5, 5.41) is 5.44. The molecule has 0 unspecified atom stereocenters. The van der Waals surface area contributed by atoms with Gasteiger partial charge < -0.3 is 10.6 Å². The Morgan fingerprint density at radius 3 is 1.69 bits per heavy atom. The largest absolute Gasteiger partial charge is 0.322 e. The summed E-state index contributed by atoms with van der Waals surface area (Å²) < 4.78 is 13.6. The average molecular weight is 388 g/mol. The Kier molecular flexibility index (Phi) is 6.19. The molecule has 0 aliphatic heterocycles. The molecule has 0 aliphatic rings. The zero-order chi connectivity index (χ0) is 20.8. The van der Waals surface area contributed by atoms with E-state index < -0.39 is 17.6 Å². The van der Waals surface area contributed by atoms with E-state index in [0.717, 1.165) is 11.1 Å². The van der Waals surface area contributed by atoms with Crippen LogP contribution in [0.2, 0.25) is 0 Å². The highest BCUT2D eigenvalue weighted by atomic mass is 19.1. The van der Waals surface area contributed by atoms with Gasteiger partial charge in [0, 0.05) is 11.4 Å². The number of rotatable bonds is 5. The van der Waals surface area contributed by atoms with Crippen molar-refractivity contribution in [1.29, 1.82) is 0 Å². The number of aryl methyl sites for hydroxylation is 2. The fourth-order valence-corrected chi connectivity index (χ4v) is 2.67. The summed E-state index contributed by atoms with van der Waals surface area (Å²) in [6.07, 6.45) is 1.37. The molecule has 3 rings (SSSR count). The van der Waals surface area contributed by atoms with Gasteiger partial charge in [0.05, 0.1) is 0 Å². The lowest BCUT2D eigenvalue weighted by Gasteiger charge is -2.11. The highest BCUT2D eigenvalue weighted by Crippen LogP contribution is 2.16. The molecule has 2 amide bonds. The Morgan fingerprint density at radius 1 is 0.759 bits per heavy atom. The van der Waals surface area contributed by atoms with Gasteiger partial charge in [0.25, 0.3) is 11.8 Å². The highest BCUT2D eigenvalue weighted by Gasteiger charge is 2.19. The minimum atomic E-state index is -0.581. The van der Waals surface area contributed by atoms with Crippen molar-refractivity contribution in [1.82, 2.24) is 0 Å². The Morgan fingerprint density at radius 2 is 1.24 bits per heavy atom. The normalized spacial score (nSPS) is 10.2.